The summed E-state index contributed by atoms with van der Waals surface area (Å²) in [6.45, 7) is 4.73. The second-order valence-electron chi connectivity index (χ2n) is 4.35. The molecule has 0 amide bonds. The molecule has 0 saturated heterocycles. The first kappa shape index (κ1) is 13.7. The van der Waals surface area contributed by atoms with Gasteiger partial charge < -0.3 is 10.5 Å². The maximum atomic E-state index is 5.87. The van der Waals surface area contributed by atoms with Gasteiger partial charge in [-0.15, -0.1) is 0 Å². The van der Waals surface area contributed by atoms with E-state index in [0.717, 1.165) is 17.3 Å². The highest BCUT2D eigenvalue weighted by atomic mass is 35.5. The summed E-state index contributed by atoms with van der Waals surface area (Å²) in [6, 6.07) is 7.44. The number of hydrogen-bond acceptors (Lipinski definition) is 3. The number of benzene rings is 1. The number of thioether (sulfide) groups is 1. The molecule has 0 atom stereocenters. The van der Waals surface area contributed by atoms with E-state index in [1.54, 1.807) is 11.8 Å². The Balaban J connectivity index is 2.17. The highest BCUT2D eigenvalue weighted by Gasteiger charge is 2.09. The van der Waals surface area contributed by atoms with Gasteiger partial charge in [0, 0.05) is 22.1 Å². The van der Waals surface area contributed by atoms with Gasteiger partial charge in [0.05, 0.1) is 6.61 Å². The Morgan fingerprint density at radius 2 is 2.19 bits per heavy atom. The molecular formula is C12H18ClNOS. The van der Waals surface area contributed by atoms with Crippen LogP contribution in [-0.4, -0.2) is 23.7 Å². The predicted octanol–water partition coefficient (Wildman–Crippen LogP) is 3.19. The standard InChI is InChI=1S/C12H18ClNOS/c1-12(2,14)9-16-7-6-15-11-5-3-4-10(13)8-11/h3-5,8H,6-7,9,14H2,1-2H3. The SMILES string of the molecule is CC(C)(N)CSCCOc1cccc(Cl)c1. The maximum absolute atomic E-state index is 5.87. The summed E-state index contributed by atoms with van der Waals surface area (Å²) < 4.78 is 5.56. The van der Waals surface area contributed by atoms with E-state index in [1.807, 2.05) is 38.1 Å². The van der Waals surface area contributed by atoms with Gasteiger partial charge in [-0.25, -0.2) is 0 Å². The van der Waals surface area contributed by atoms with E-state index in [-0.39, 0.29) is 5.54 Å². The molecule has 90 valence electrons. The Labute approximate surface area is 107 Å². The van der Waals surface area contributed by atoms with Crippen LogP contribution in [0.15, 0.2) is 24.3 Å². The fourth-order valence-electron chi connectivity index (χ4n) is 1.11. The van der Waals surface area contributed by atoms with Crippen molar-refractivity contribution in [1.29, 1.82) is 0 Å². The summed E-state index contributed by atoms with van der Waals surface area (Å²) in [6.07, 6.45) is 0. The van der Waals surface area contributed by atoms with Crippen LogP contribution in [-0.2, 0) is 0 Å². The van der Waals surface area contributed by atoms with Crippen molar-refractivity contribution in [3.05, 3.63) is 29.3 Å². The van der Waals surface area contributed by atoms with Gasteiger partial charge in [-0.05, 0) is 32.0 Å². The van der Waals surface area contributed by atoms with Gasteiger partial charge in [0.15, 0.2) is 0 Å². The van der Waals surface area contributed by atoms with Crippen LogP contribution < -0.4 is 10.5 Å². The summed E-state index contributed by atoms with van der Waals surface area (Å²) in [7, 11) is 0. The zero-order chi connectivity index (χ0) is 12.0. The Morgan fingerprint density at radius 1 is 1.44 bits per heavy atom. The molecule has 0 aliphatic carbocycles. The molecule has 2 nitrogen and oxygen atoms in total. The molecule has 0 saturated carbocycles. The highest BCUT2D eigenvalue weighted by Crippen LogP contribution is 2.17. The van der Waals surface area contributed by atoms with Crippen LogP contribution in [0.3, 0.4) is 0 Å². The molecule has 0 heterocycles. The van der Waals surface area contributed by atoms with Crippen LogP contribution in [0.5, 0.6) is 5.75 Å². The molecule has 0 aliphatic heterocycles. The predicted molar refractivity (Wildman–Crippen MR) is 72.5 cm³/mol. The van der Waals surface area contributed by atoms with Crippen LogP contribution in [0, 0.1) is 0 Å². The number of halogens is 1. The van der Waals surface area contributed by atoms with Crippen LogP contribution in [0.25, 0.3) is 0 Å². The van der Waals surface area contributed by atoms with Gasteiger partial charge in [-0.1, -0.05) is 17.7 Å². The lowest BCUT2D eigenvalue weighted by molar-refractivity contribution is 0.344. The van der Waals surface area contributed by atoms with Gasteiger partial charge in [-0.3, -0.25) is 0 Å². The average Bonchev–Trinajstić information content (AvgIpc) is 2.15. The third-order valence-corrected chi connectivity index (χ3v) is 3.41. The zero-order valence-corrected chi connectivity index (χ0v) is 11.3. The molecule has 1 aromatic rings. The first-order valence-electron chi connectivity index (χ1n) is 5.22. The van der Waals surface area contributed by atoms with Crippen molar-refractivity contribution in [2.24, 2.45) is 5.73 Å². The molecular weight excluding hydrogens is 242 g/mol. The minimum atomic E-state index is -0.110. The Bertz CT molecular complexity index is 325. The second-order valence-corrected chi connectivity index (χ2v) is 5.89. The molecule has 0 aromatic heterocycles. The maximum Gasteiger partial charge on any atom is 0.120 e. The summed E-state index contributed by atoms with van der Waals surface area (Å²) in [5.74, 6) is 2.69. The quantitative estimate of drug-likeness (QED) is 0.797. The van der Waals surface area contributed by atoms with Crippen molar-refractivity contribution in [3.8, 4) is 5.75 Å². The molecule has 1 aromatic carbocycles. The summed E-state index contributed by atoms with van der Waals surface area (Å²) in [4.78, 5) is 0. The lowest BCUT2D eigenvalue weighted by atomic mass is 10.1. The number of hydrogen-bond donors (Lipinski definition) is 1. The molecule has 2 N–H and O–H groups in total. The summed E-state index contributed by atoms with van der Waals surface area (Å²) in [5, 5.41) is 0.702. The molecule has 1 rings (SSSR count). The minimum absolute atomic E-state index is 0.110. The summed E-state index contributed by atoms with van der Waals surface area (Å²) >= 11 is 7.64. The van der Waals surface area contributed by atoms with Crippen molar-refractivity contribution >= 4 is 23.4 Å². The molecule has 0 radical (unpaired) electrons. The van der Waals surface area contributed by atoms with Crippen molar-refractivity contribution in [3.63, 3.8) is 0 Å². The van der Waals surface area contributed by atoms with E-state index in [1.165, 1.54) is 0 Å². The summed E-state index contributed by atoms with van der Waals surface area (Å²) in [5.41, 5.74) is 5.76. The van der Waals surface area contributed by atoms with E-state index in [4.69, 9.17) is 22.1 Å². The lowest BCUT2D eigenvalue weighted by Crippen LogP contribution is -2.34. The average molecular weight is 260 g/mol. The first-order valence-corrected chi connectivity index (χ1v) is 6.76. The lowest BCUT2D eigenvalue weighted by Gasteiger charge is -2.17. The Morgan fingerprint density at radius 3 is 2.81 bits per heavy atom. The van der Waals surface area contributed by atoms with Crippen LogP contribution in [0.2, 0.25) is 5.02 Å². The third-order valence-electron chi connectivity index (χ3n) is 1.77. The van der Waals surface area contributed by atoms with E-state index in [0.29, 0.717) is 11.6 Å². The molecule has 0 aliphatic rings. The number of rotatable bonds is 6. The van der Waals surface area contributed by atoms with Gasteiger partial charge in [-0.2, -0.15) is 11.8 Å². The molecule has 16 heavy (non-hydrogen) atoms. The largest absolute Gasteiger partial charge is 0.493 e. The Kier molecular flexibility index (Phi) is 5.46. The van der Waals surface area contributed by atoms with E-state index < -0.39 is 0 Å². The van der Waals surface area contributed by atoms with Crippen LogP contribution in [0.4, 0.5) is 0 Å². The third kappa shape index (κ3) is 6.26. The van der Waals surface area contributed by atoms with E-state index >= 15 is 0 Å². The van der Waals surface area contributed by atoms with Crippen LogP contribution in [0.1, 0.15) is 13.8 Å². The van der Waals surface area contributed by atoms with Gasteiger partial charge in [0.25, 0.3) is 0 Å². The molecule has 0 spiro atoms. The fourth-order valence-corrected chi connectivity index (χ4v) is 2.16. The molecule has 0 fully saturated rings. The number of ether oxygens (including phenoxy) is 1. The van der Waals surface area contributed by atoms with Crippen LogP contribution >= 0.6 is 23.4 Å². The minimum Gasteiger partial charge on any atom is -0.493 e. The van der Waals surface area contributed by atoms with Crippen molar-refractivity contribution in [1.82, 2.24) is 0 Å². The first-order chi connectivity index (χ1) is 7.47. The monoisotopic (exact) mass is 259 g/mol. The van der Waals surface area contributed by atoms with Crippen molar-refractivity contribution in [2.45, 2.75) is 19.4 Å². The smallest absolute Gasteiger partial charge is 0.120 e. The van der Waals surface area contributed by atoms with Crippen molar-refractivity contribution in [2.75, 3.05) is 18.1 Å². The molecule has 0 unspecified atom stereocenters. The highest BCUT2D eigenvalue weighted by molar-refractivity contribution is 7.99. The normalized spacial score (nSPS) is 11.5. The molecule has 0 bridgehead atoms. The van der Waals surface area contributed by atoms with E-state index in [9.17, 15) is 0 Å². The van der Waals surface area contributed by atoms with E-state index in [2.05, 4.69) is 0 Å². The fraction of sp³-hybridized carbons (Fsp3) is 0.500. The van der Waals surface area contributed by atoms with Gasteiger partial charge in [0.1, 0.15) is 5.75 Å². The number of nitrogens with two attached hydrogens (primary N) is 1. The second kappa shape index (κ2) is 6.38. The van der Waals surface area contributed by atoms with Gasteiger partial charge >= 0.3 is 0 Å². The Hall–Kier alpha value is -0.380. The van der Waals surface area contributed by atoms with Crippen molar-refractivity contribution < 1.29 is 4.74 Å². The topological polar surface area (TPSA) is 35.2 Å². The molecule has 4 heteroatoms. The van der Waals surface area contributed by atoms with Gasteiger partial charge in [0.2, 0.25) is 0 Å². The zero-order valence-electron chi connectivity index (χ0n) is 9.70.